The largest absolute Gasteiger partial charge is 0.455 e. The SMILES string of the molecule is CC[C@]12CCC(=O)C[C@@H]1OCC(=O)O2. The van der Waals surface area contributed by atoms with Gasteiger partial charge in [-0.3, -0.25) is 4.79 Å². The number of Topliss-reactive ketones (excluding diaryl/α,β-unsaturated/α-hetero) is 1. The van der Waals surface area contributed by atoms with Crippen LogP contribution in [-0.4, -0.2) is 30.1 Å². The lowest BCUT2D eigenvalue weighted by Gasteiger charge is -2.44. The molecule has 1 aliphatic carbocycles. The summed E-state index contributed by atoms with van der Waals surface area (Å²) in [4.78, 5) is 22.4. The molecule has 0 aromatic heterocycles. The Morgan fingerprint density at radius 2 is 2.29 bits per heavy atom. The van der Waals surface area contributed by atoms with Gasteiger partial charge in [0.25, 0.3) is 0 Å². The molecule has 0 bridgehead atoms. The van der Waals surface area contributed by atoms with Crippen LogP contribution >= 0.6 is 0 Å². The Bertz CT molecular complexity index is 273. The van der Waals surface area contributed by atoms with Crippen LogP contribution in [-0.2, 0) is 19.1 Å². The van der Waals surface area contributed by atoms with Gasteiger partial charge in [-0.25, -0.2) is 4.79 Å². The fourth-order valence-corrected chi connectivity index (χ4v) is 2.24. The van der Waals surface area contributed by atoms with E-state index in [1.54, 1.807) is 0 Å². The number of hydrogen-bond acceptors (Lipinski definition) is 4. The van der Waals surface area contributed by atoms with Crippen molar-refractivity contribution in [3.05, 3.63) is 0 Å². The summed E-state index contributed by atoms with van der Waals surface area (Å²) in [5.41, 5.74) is -0.525. The monoisotopic (exact) mass is 198 g/mol. The Hall–Kier alpha value is -0.900. The fraction of sp³-hybridized carbons (Fsp3) is 0.800. The molecule has 0 spiro atoms. The van der Waals surface area contributed by atoms with Crippen molar-refractivity contribution in [2.75, 3.05) is 6.61 Å². The quantitative estimate of drug-likeness (QED) is 0.585. The van der Waals surface area contributed by atoms with Crippen molar-refractivity contribution in [2.24, 2.45) is 0 Å². The van der Waals surface area contributed by atoms with Crippen LogP contribution in [0.5, 0.6) is 0 Å². The molecule has 1 saturated heterocycles. The molecule has 2 rings (SSSR count). The second-order valence-electron chi connectivity index (χ2n) is 3.93. The van der Waals surface area contributed by atoms with E-state index >= 15 is 0 Å². The molecule has 0 N–H and O–H groups in total. The maximum absolute atomic E-state index is 11.2. The van der Waals surface area contributed by atoms with Gasteiger partial charge in [-0.15, -0.1) is 0 Å². The van der Waals surface area contributed by atoms with Crippen molar-refractivity contribution in [3.63, 3.8) is 0 Å². The summed E-state index contributed by atoms with van der Waals surface area (Å²) in [7, 11) is 0. The topological polar surface area (TPSA) is 52.6 Å². The number of fused-ring (bicyclic) bond motifs is 1. The van der Waals surface area contributed by atoms with Crippen LogP contribution in [0.4, 0.5) is 0 Å². The Morgan fingerprint density at radius 3 is 3.00 bits per heavy atom. The summed E-state index contributed by atoms with van der Waals surface area (Å²) >= 11 is 0. The predicted molar refractivity (Wildman–Crippen MR) is 47.7 cm³/mol. The van der Waals surface area contributed by atoms with Crippen molar-refractivity contribution in [1.82, 2.24) is 0 Å². The van der Waals surface area contributed by atoms with Crippen molar-refractivity contribution >= 4 is 11.8 Å². The lowest BCUT2D eigenvalue weighted by molar-refractivity contribution is -0.219. The van der Waals surface area contributed by atoms with Gasteiger partial charge in [0.1, 0.15) is 24.1 Å². The first-order valence-electron chi connectivity index (χ1n) is 5.01. The van der Waals surface area contributed by atoms with E-state index in [1.807, 2.05) is 6.92 Å². The standard InChI is InChI=1S/C10H14O4/c1-2-10-4-3-7(11)5-8(10)13-6-9(12)14-10/h8H,2-6H2,1H3/t8-,10-/m0/s1. The Balaban J connectivity index is 2.19. The minimum Gasteiger partial charge on any atom is -0.455 e. The number of hydrogen-bond donors (Lipinski definition) is 0. The first-order valence-corrected chi connectivity index (χ1v) is 5.01. The number of ether oxygens (including phenoxy) is 2. The molecule has 78 valence electrons. The Labute approximate surface area is 82.6 Å². The highest BCUT2D eigenvalue weighted by Crippen LogP contribution is 2.37. The fourth-order valence-electron chi connectivity index (χ4n) is 2.24. The van der Waals surface area contributed by atoms with Gasteiger partial charge in [0.15, 0.2) is 0 Å². The molecule has 14 heavy (non-hydrogen) atoms. The third kappa shape index (κ3) is 1.43. The van der Waals surface area contributed by atoms with E-state index in [2.05, 4.69) is 0 Å². The lowest BCUT2D eigenvalue weighted by atomic mass is 9.79. The van der Waals surface area contributed by atoms with Gasteiger partial charge in [-0.1, -0.05) is 6.92 Å². The van der Waals surface area contributed by atoms with Crippen LogP contribution in [0.3, 0.4) is 0 Å². The van der Waals surface area contributed by atoms with Crippen molar-refractivity contribution in [3.8, 4) is 0 Å². The number of rotatable bonds is 1. The van der Waals surface area contributed by atoms with Gasteiger partial charge < -0.3 is 9.47 Å². The molecular formula is C10H14O4. The van der Waals surface area contributed by atoms with E-state index < -0.39 is 5.60 Å². The summed E-state index contributed by atoms with van der Waals surface area (Å²) in [6.07, 6.45) is 2.00. The molecule has 1 heterocycles. The zero-order valence-corrected chi connectivity index (χ0v) is 8.25. The second-order valence-corrected chi connectivity index (χ2v) is 3.93. The Kier molecular flexibility index (Phi) is 2.31. The molecule has 1 aliphatic heterocycles. The first kappa shape index (κ1) is 9.65. The summed E-state index contributed by atoms with van der Waals surface area (Å²) < 4.78 is 10.7. The van der Waals surface area contributed by atoms with Crippen LogP contribution < -0.4 is 0 Å². The minimum atomic E-state index is -0.525. The molecule has 2 fully saturated rings. The molecule has 4 nitrogen and oxygen atoms in total. The number of esters is 1. The summed E-state index contributed by atoms with van der Waals surface area (Å²) in [5.74, 6) is -0.102. The lowest BCUT2D eigenvalue weighted by Crippen LogP contribution is -2.55. The zero-order chi connectivity index (χ0) is 10.2. The van der Waals surface area contributed by atoms with Crippen LogP contribution in [0.1, 0.15) is 32.6 Å². The van der Waals surface area contributed by atoms with E-state index in [4.69, 9.17) is 9.47 Å². The van der Waals surface area contributed by atoms with Crippen LogP contribution in [0.25, 0.3) is 0 Å². The highest BCUT2D eigenvalue weighted by atomic mass is 16.6. The molecule has 0 unspecified atom stereocenters. The van der Waals surface area contributed by atoms with Crippen LogP contribution in [0.2, 0.25) is 0 Å². The average molecular weight is 198 g/mol. The van der Waals surface area contributed by atoms with Crippen molar-refractivity contribution < 1.29 is 19.1 Å². The normalized spacial score (nSPS) is 37.6. The molecule has 0 aromatic carbocycles. The third-order valence-electron chi connectivity index (χ3n) is 3.14. The van der Waals surface area contributed by atoms with Crippen molar-refractivity contribution in [2.45, 2.75) is 44.3 Å². The zero-order valence-electron chi connectivity index (χ0n) is 8.25. The number of ketones is 1. The van der Waals surface area contributed by atoms with Crippen LogP contribution in [0.15, 0.2) is 0 Å². The number of carbonyl (C=O) groups is 2. The van der Waals surface area contributed by atoms with E-state index in [-0.39, 0.29) is 24.5 Å². The summed E-state index contributed by atoms with van der Waals surface area (Å²) in [6.45, 7) is 1.95. The molecule has 1 saturated carbocycles. The molecule has 0 amide bonds. The van der Waals surface area contributed by atoms with Crippen molar-refractivity contribution in [1.29, 1.82) is 0 Å². The van der Waals surface area contributed by atoms with Gasteiger partial charge in [-0.05, 0) is 12.8 Å². The molecule has 4 heteroatoms. The molecule has 0 radical (unpaired) electrons. The first-order chi connectivity index (χ1) is 6.66. The molecule has 2 atom stereocenters. The van der Waals surface area contributed by atoms with E-state index in [9.17, 15) is 9.59 Å². The van der Waals surface area contributed by atoms with E-state index in [1.165, 1.54) is 0 Å². The maximum atomic E-state index is 11.2. The average Bonchev–Trinajstić information content (AvgIpc) is 2.19. The van der Waals surface area contributed by atoms with E-state index in [0.717, 1.165) is 6.42 Å². The van der Waals surface area contributed by atoms with Gasteiger partial charge in [0, 0.05) is 12.8 Å². The van der Waals surface area contributed by atoms with Gasteiger partial charge >= 0.3 is 5.97 Å². The summed E-state index contributed by atoms with van der Waals surface area (Å²) in [5, 5.41) is 0. The molecule has 0 aromatic rings. The van der Waals surface area contributed by atoms with E-state index in [0.29, 0.717) is 19.3 Å². The third-order valence-corrected chi connectivity index (χ3v) is 3.14. The van der Waals surface area contributed by atoms with Gasteiger partial charge in [0.05, 0.1) is 0 Å². The van der Waals surface area contributed by atoms with Gasteiger partial charge in [0.2, 0.25) is 0 Å². The maximum Gasteiger partial charge on any atom is 0.332 e. The smallest absolute Gasteiger partial charge is 0.332 e. The van der Waals surface area contributed by atoms with Crippen LogP contribution in [0, 0.1) is 0 Å². The molecular weight excluding hydrogens is 184 g/mol. The number of carbonyl (C=O) groups excluding carboxylic acids is 2. The predicted octanol–water partition coefficient (Wildman–Crippen LogP) is 0.830. The highest BCUT2D eigenvalue weighted by molar-refractivity contribution is 5.81. The van der Waals surface area contributed by atoms with Gasteiger partial charge in [-0.2, -0.15) is 0 Å². The molecule has 2 aliphatic rings. The second kappa shape index (κ2) is 3.35. The minimum absolute atomic E-state index is 0.0142. The highest BCUT2D eigenvalue weighted by Gasteiger charge is 2.48. The summed E-state index contributed by atoms with van der Waals surface area (Å²) in [6, 6.07) is 0. The Morgan fingerprint density at radius 1 is 1.50 bits per heavy atom.